The van der Waals surface area contributed by atoms with Gasteiger partial charge in [-0.15, -0.1) is 0 Å². The normalized spacial score (nSPS) is 23.5. The third kappa shape index (κ3) is 3.98. The molecule has 0 N–H and O–H groups in total. The Kier molecular flexibility index (Phi) is 5.25. The van der Waals surface area contributed by atoms with Crippen molar-refractivity contribution in [3.63, 3.8) is 0 Å². The first kappa shape index (κ1) is 17.4. The molecule has 1 aromatic rings. The van der Waals surface area contributed by atoms with E-state index in [9.17, 15) is 4.79 Å². The Bertz CT molecular complexity index is 558. The second-order valence-corrected chi connectivity index (χ2v) is 7.88. The lowest BCUT2D eigenvalue weighted by Crippen LogP contribution is -2.53. The minimum atomic E-state index is -0.0107. The van der Waals surface area contributed by atoms with Crippen LogP contribution in [0.5, 0.6) is 0 Å². The van der Waals surface area contributed by atoms with Crippen molar-refractivity contribution >= 4 is 5.91 Å². The number of piperidine rings is 1. The van der Waals surface area contributed by atoms with Crippen LogP contribution in [0.15, 0.2) is 12.4 Å². The summed E-state index contributed by atoms with van der Waals surface area (Å²) in [6.45, 7) is 11.0. The molecule has 0 spiro atoms. The summed E-state index contributed by atoms with van der Waals surface area (Å²) < 4.78 is 7.38. The molecule has 0 aliphatic carbocycles. The lowest BCUT2D eigenvalue weighted by molar-refractivity contribution is -0.142. The van der Waals surface area contributed by atoms with E-state index in [2.05, 4.69) is 37.0 Å². The highest BCUT2D eigenvalue weighted by atomic mass is 16.5. The highest BCUT2D eigenvalue weighted by molar-refractivity contribution is 5.82. The SMILES string of the molecule is CC(C)(C)n1cc(CN2CCCC[C@@H]2C(=O)N2CCOCC2)cn1. The van der Waals surface area contributed by atoms with Gasteiger partial charge in [-0.05, 0) is 40.2 Å². The molecule has 2 saturated heterocycles. The number of rotatable bonds is 3. The van der Waals surface area contributed by atoms with Gasteiger partial charge < -0.3 is 9.64 Å². The lowest BCUT2D eigenvalue weighted by Gasteiger charge is -2.38. The third-order valence-electron chi connectivity index (χ3n) is 4.93. The van der Waals surface area contributed by atoms with Crippen molar-refractivity contribution in [3.05, 3.63) is 18.0 Å². The molecule has 1 aromatic heterocycles. The van der Waals surface area contributed by atoms with Crippen LogP contribution in [0.25, 0.3) is 0 Å². The average Bonchev–Trinajstić information content (AvgIpc) is 3.04. The molecule has 0 unspecified atom stereocenters. The molecule has 3 rings (SSSR count). The van der Waals surface area contributed by atoms with Crippen LogP contribution >= 0.6 is 0 Å². The summed E-state index contributed by atoms with van der Waals surface area (Å²) in [6.07, 6.45) is 7.32. The fraction of sp³-hybridized carbons (Fsp3) is 0.778. The van der Waals surface area contributed by atoms with E-state index in [1.54, 1.807) is 0 Å². The molecule has 2 fully saturated rings. The van der Waals surface area contributed by atoms with Crippen LogP contribution in [0.2, 0.25) is 0 Å². The quantitative estimate of drug-likeness (QED) is 0.846. The topological polar surface area (TPSA) is 50.6 Å². The summed E-state index contributed by atoms with van der Waals surface area (Å²) in [5, 5.41) is 4.49. The number of amides is 1. The van der Waals surface area contributed by atoms with E-state index in [0.717, 1.165) is 39.0 Å². The number of aromatic nitrogens is 2. The van der Waals surface area contributed by atoms with Gasteiger partial charge in [0.2, 0.25) is 5.91 Å². The number of hydrogen-bond acceptors (Lipinski definition) is 4. The second kappa shape index (κ2) is 7.23. The van der Waals surface area contributed by atoms with Crippen molar-refractivity contribution in [1.29, 1.82) is 0 Å². The van der Waals surface area contributed by atoms with Gasteiger partial charge in [0, 0.05) is 31.4 Å². The molecule has 2 aliphatic rings. The van der Waals surface area contributed by atoms with Crippen molar-refractivity contribution in [2.24, 2.45) is 0 Å². The van der Waals surface area contributed by atoms with Crippen LogP contribution in [0.1, 0.15) is 45.6 Å². The van der Waals surface area contributed by atoms with Crippen LogP contribution in [0, 0.1) is 0 Å². The monoisotopic (exact) mass is 334 g/mol. The summed E-state index contributed by atoms with van der Waals surface area (Å²) in [6, 6.07) is 0.00911. The van der Waals surface area contributed by atoms with Crippen LogP contribution in [0.3, 0.4) is 0 Å². The fourth-order valence-corrected chi connectivity index (χ4v) is 3.50. The maximum absolute atomic E-state index is 12.9. The van der Waals surface area contributed by atoms with Crippen LogP contribution in [0.4, 0.5) is 0 Å². The molecule has 134 valence electrons. The summed E-state index contributed by atoms with van der Waals surface area (Å²) in [7, 11) is 0. The zero-order chi connectivity index (χ0) is 17.2. The molecule has 1 amide bonds. The molecule has 0 saturated carbocycles. The molecule has 24 heavy (non-hydrogen) atoms. The van der Waals surface area contributed by atoms with Gasteiger partial charge in [-0.2, -0.15) is 5.10 Å². The third-order valence-corrected chi connectivity index (χ3v) is 4.93. The van der Waals surface area contributed by atoms with Crippen LogP contribution in [-0.4, -0.2) is 64.4 Å². The first-order valence-electron chi connectivity index (χ1n) is 9.10. The molecule has 1 atom stereocenters. The molecule has 0 aromatic carbocycles. The van der Waals surface area contributed by atoms with Crippen molar-refractivity contribution in [3.8, 4) is 0 Å². The maximum Gasteiger partial charge on any atom is 0.240 e. The van der Waals surface area contributed by atoms with Gasteiger partial charge in [0.1, 0.15) is 0 Å². The number of nitrogens with zero attached hydrogens (tertiary/aromatic N) is 4. The highest BCUT2D eigenvalue weighted by Gasteiger charge is 2.32. The van der Waals surface area contributed by atoms with Crippen LogP contribution < -0.4 is 0 Å². The minimum Gasteiger partial charge on any atom is -0.378 e. The molecule has 0 bridgehead atoms. The first-order chi connectivity index (χ1) is 11.4. The summed E-state index contributed by atoms with van der Waals surface area (Å²) in [5.74, 6) is 0.279. The number of carbonyl (C=O) groups excluding carboxylic acids is 1. The summed E-state index contributed by atoms with van der Waals surface area (Å²) in [4.78, 5) is 17.2. The van der Waals surface area contributed by atoms with E-state index in [1.807, 2.05) is 15.8 Å². The molecular weight excluding hydrogens is 304 g/mol. The van der Waals surface area contributed by atoms with Crippen molar-refractivity contribution in [2.45, 2.75) is 58.2 Å². The molecule has 2 aliphatic heterocycles. The Morgan fingerprint density at radius 3 is 2.67 bits per heavy atom. The zero-order valence-electron chi connectivity index (χ0n) is 15.2. The highest BCUT2D eigenvalue weighted by Crippen LogP contribution is 2.22. The Hall–Kier alpha value is -1.40. The predicted molar refractivity (Wildman–Crippen MR) is 92.7 cm³/mol. The van der Waals surface area contributed by atoms with Gasteiger partial charge in [0.25, 0.3) is 0 Å². The Balaban J connectivity index is 1.68. The number of hydrogen-bond donors (Lipinski definition) is 0. The molecule has 6 heteroatoms. The van der Waals surface area contributed by atoms with Crippen molar-refractivity contribution in [2.75, 3.05) is 32.8 Å². The summed E-state index contributed by atoms with van der Waals surface area (Å²) >= 11 is 0. The van der Waals surface area contributed by atoms with Crippen molar-refractivity contribution < 1.29 is 9.53 Å². The average molecular weight is 334 g/mol. The van der Waals surface area contributed by atoms with Gasteiger partial charge >= 0.3 is 0 Å². The van der Waals surface area contributed by atoms with E-state index in [1.165, 1.54) is 12.0 Å². The van der Waals surface area contributed by atoms with E-state index in [0.29, 0.717) is 13.2 Å². The zero-order valence-corrected chi connectivity index (χ0v) is 15.2. The van der Waals surface area contributed by atoms with Gasteiger partial charge in [0.15, 0.2) is 0 Å². The van der Waals surface area contributed by atoms with E-state index in [4.69, 9.17) is 4.74 Å². The number of carbonyl (C=O) groups is 1. The number of ether oxygens (including phenoxy) is 1. The van der Waals surface area contributed by atoms with E-state index >= 15 is 0 Å². The molecular formula is C18H30N4O2. The minimum absolute atomic E-state index is 0.00911. The van der Waals surface area contributed by atoms with Gasteiger partial charge in [-0.25, -0.2) is 0 Å². The standard InChI is InChI=1S/C18H30N4O2/c1-18(2,3)22-14-15(12-19-22)13-21-7-5-4-6-16(21)17(23)20-8-10-24-11-9-20/h12,14,16H,4-11,13H2,1-3H3/t16-/m1/s1. The smallest absolute Gasteiger partial charge is 0.240 e. The second-order valence-electron chi connectivity index (χ2n) is 7.88. The molecule has 6 nitrogen and oxygen atoms in total. The summed E-state index contributed by atoms with van der Waals surface area (Å²) in [5.41, 5.74) is 1.18. The fourth-order valence-electron chi connectivity index (χ4n) is 3.50. The van der Waals surface area contributed by atoms with Gasteiger partial charge in [0.05, 0.1) is 31.0 Å². The Labute approximate surface area is 144 Å². The van der Waals surface area contributed by atoms with E-state index < -0.39 is 0 Å². The van der Waals surface area contributed by atoms with Gasteiger partial charge in [-0.3, -0.25) is 14.4 Å². The van der Waals surface area contributed by atoms with Crippen molar-refractivity contribution in [1.82, 2.24) is 19.6 Å². The Morgan fingerprint density at radius 1 is 1.25 bits per heavy atom. The first-order valence-corrected chi connectivity index (χ1v) is 9.10. The van der Waals surface area contributed by atoms with Crippen LogP contribution in [-0.2, 0) is 21.6 Å². The van der Waals surface area contributed by atoms with E-state index in [-0.39, 0.29) is 17.5 Å². The molecule has 0 radical (unpaired) electrons. The molecule has 3 heterocycles. The number of morpholine rings is 1. The van der Waals surface area contributed by atoms with Gasteiger partial charge in [-0.1, -0.05) is 6.42 Å². The number of likely N-dealkylation sites (tertiary alicyclic amines) is 1. The Morgan fingerprint density at radius 2 is 2.00 bits per heavy atom. The lowest BCUT2D eigenvalue weighted by atomic mass is 10.00. The maximum atomic E-state index is 12.9. The predicted octanol–water partition coefficient (Wildman–Crippen LogP) is 1.85. The largest absolute Gasteiger partial charge is 0.378 e.